The van der Waals surface area contributed by atoms with Gasteiger partial charge in [-0.3, -0.25) is 9.59 Å². The van der Waals surface area contributed by atoms with Crippen molar-refractivity contribution in [1.82, 2.24) is 20.5 Å². The standard InChI is InChI=1S/C19H21N5O2/c25-18(7-5-13-11-20-16-4-2-1-3-15(13)16)21-14-9-10-24(12-14)17-6-8-19(26)23-22-17/h1-4,6,8,11,14,20H,5,7,9-10,12H2,(H,21,25)(H,23,26). The summed E-state index contributed by atoms with van der Waals surface area (Å²) in [4.78, 5) is 28.7. The molecule has 1 aliphatic rings. The number of H-pyrrole nitrogens is 2. The van der Waals surface area contributed by atoms with Crippen LogP contribution in [0.1, 0.15) is 18.4 Å². The molecule has 1 unspecified atom stereocenters. The largest absolute Gasteiger partial charge is 0.361 e. The smallest absolute Gasteiger partial charge is 0.264 e. The van der Waals surface area contributed by atoms with Crippen molar-refractivity contribution in [2.75, 3.05) is 18.0 Å². The van der Waals surface area contributed by atoms with Crippen molar-refractivity contribution in [2.45, 2.75) is 25.3 Å². The summed E-state index contributed by atoms with van der Waals surface area (Å²) in [5.74, 6) is 0.803. The highest BCUT2D eigenvalue weighted by atomic mass is 16.1. The number of para-hydroxylation sites is 1. The highest BCUT2D eigenvalue weighted by Crippen LogP contribution is 2.19. The number of benzene rings is 1. The number of nitrogens with one attached hydrogen (secondary N) is 3. The number of amides is 1. The summed E-state index contributed by atoms with van der Waals surface area (Å²) in [6, 6.07) is 11.4. The van der Waals surface area contributed by atoms with Crippen LogP contribution in [0.25, 0.3) is 10.9 Å². The summed E-state index contributed by atoms with van der Waals surface area (Å²) in [6.45, 7) is 1.52. The van der Waals surface area contributed by atoms with Gasteiger partial charge in [-0.2, -0.15) is 5.10 Å². The van der Waals surface area contributed by atoms with Crippen LogP contribution in [0.15, 0.2) is 47.4 Å². The van der Waals surface area contributed by atoms with E-state index in [1.54, 1.807) is 6.07 Å². The van der Waals surface area contributed by atoms with Gasteiger partial charge >= 0.3 is 0 Å². The van der Waals surface area contributed by atoms with E-state index < -0.39 is 0 Å². The van der Waals surface area contributed by atoms with Crippen molar-refractivity contribution < 1.29 is 4.79 Å². The van der Waals surface area contributed by atoms with Gasteiger partial charge in [-0.1, -0.05) is 18.2 Å². The van der Waals surface area contributed by atoms with E-state index >= 15 is 0 Å². The van der Waals surface area contributed by atoms with Gasteiger partial charge < -0.3 is 15.2 Å². The third-order valence-electron chi connectivity index (χ3n) is 4.84. The van der Waals surface area contributed by atoms with Gasteiger partial charge in [0, 0.05) is 48.7 Å². The minimum Gasteiger partial charge on any atom is -0.361 e. The van der Waals surface area contributed by atoms with Gasteiger partial charge in [0.05, 0.1) is 0 Å². The Bertz CT molecular complexity index is 957. The molecule has 0 bridgehead atoms. The van der Waals surface area contributed by atoms with Gasteiger partial charge in [-0.15, -0.1) is 0 Å². The third kappa shape index (κ3) is 3.46. The maximum atomic E-state index is 12.3. The van der Waals surface area contributed by atoms with Crippen molar-refractivity contribution in [3.63, 3.8) is 0 Å². The predicted molar refractivity (Wildman–Crippen MR) is 100 cm³/mol. The van der Waals surface area contributed by atoms with Gasteiger partial charge in [-0.05, 0) is 30.5 Å². The molecule has 4 rings (SSSR count). The van der Waals surface area contributed by atoms with Crippen molar-refractivity contribution in [3.8, 4) is 0 Å². The van der Waals surface area contributed by atoms with E-state index in [1.165, 1.54) is 17.0 Å². The number of hydrogen-bond acceptors (Lipinski definition) is 4. The number of aromatic amines is 2. The van der Waals surface area contributed by atoms with E-state index in [9.17, 15) is 9.59 Å². The van der Waals surface area contributed by atoms with E-state index in [0.717, 1.165) is 24.3 Å². The molecule has 0 aliphatic carbocycles. The van der Waals surface area contributed by atoms with E-state index in [1.807, 2.05) is 24.4 Å². The number of hydrogen-bond donors (Lipinski definition) is 3. The minimum absolute atomic E-state index is 0.0663. The third-order valence-corrected chi connectivity index (χ3v) is 4.84. The fourth-order valence-electron chi connectivity index (χ4n) is 3.49. The van der Waals surface area contributed by atoms with Crippen LogP contribution in [0.2, 0.25) is 0 Å². The van der Waals surface area contributed by atoms with Crippen LogP contribution in [0, 0.1) is 0 Å². The lowest BCUT2D eigenvalue weighted by Gasteiger charge is -2.17. The number of nitrogens with zero attached hydrogens (tertiary/aromatic N) is 2. The van der Waals surface area contributed by atoms with Gasteiger partial charge in [0.1, 0.15) is 5.82 Å². The lowest BCUT2D eigenvalue weighted by atomic mass is 10.1. The minimum atomic E-state index is -0.213. The molecule has 1 aromatic carbocycles. The second-order valence-electron chi connectivity index (χ2n) is 6.64. The predicted octanol–water partition coefficient (Wildman–Crippen LogP) is 1.58. The number of carbonyl (C=O) groups excluding carboxylic acids is 1. The van der Waals surface area contributed by atoms with Crippen LogP contribution in [-0.2, 0) is 11.2 Å². The van der Waals surface area contributed by atoms with Crippen LogP contribution < -0.4 is 15.8 Å². The summed E-state index contributed by atoms with van der Waals surface area (Å²) in [7, 11) is 0. The molecular formula is C19H21N5O2. The number of anilines is 1. The molecule has 3 aromatic rings. The molecule has 7 heteroatoms. The van der Waals surface area contributed by atoms with Crippen LogP contribution in [0.3, 0.4) is 0 Å². The summed E-state index contributed by atoms with van der Waals surface area (Å²) in [6.07, 6.45) is 4.04. The lowest BCUT2D eigenvalue weighted by molar-refractivity contribution is -0.121. The Morgan fingerprint density at radius 3 is 3.00 bits per heavy atom. The Hall–Kier alpha value is -3.09. The molecule has 7 nitrogen and oxygen atoms in total. The van der Waals surface area contributed by atoms with E-state index in [-0.39, 0.29) is 17.5 Å². The van der Waals surface area contributed by atoms with E-state index in [2.05, 4.69) is 31.5 Å². The Labute approximate surface area is 150 Å². The van der Waals surface area contributed by atoms with Crippen LogP contribution >= 0.6 is 0 Å². The summed E-state index contributed by atoms with van der Waals surface area (Å²) in [5.41, 5.74) is 2.05. The zero-order chi connectivity index (χ0) is 17.9. The number of rotatable bonds is 5. The number of carbonyl (C=O) groups is 1. The summed E-state index contributed by atoms with van der Waals surface area (Å²) < 4.78 is 0. The molecule has 0 saturated carbocycles. The first-order chi connectivity index (χ1) is 12.7. The van der Waals surface area contributed by atoms with E-state index in [0.29, 0.717) is 19.4 Å². The average molecular weight is 351 g/mol. The average Bonchev–Trinajstić information content (AvgIpc) is 3.28. The van der Waals surface area contributed by atoms with Crippen molar-refractivity contribution >= 4 is 22.6 Å². The molecule has 1 aliphatic heterocycles. The lowest BCUT2D eigenvalue weighted by Crippen LogP contribution is -2.37. The Kier molecular flexibility index (Phi) is 4.43. The highest BCUT2D eigenvalue weighted by Gasteiger charge is 2.24. The molecule has 3 N–H and O–H groups in total. The first kappa shape index (κ1) is 16.4. The maximum absolute atomic E-state index is 12.3. The molecule has 1 saturated heterocycles. The number of fused-ring (bicyclic) bond motifs is 1. The molecule has 1 fully saturated rings. The Balaban J connectivity index is 1.30. The fraction of sp³-hybridized carbons (Fsp3) is 0.316. The summed E-state index contributed by atoms with van der Waals surface area (Å²) >= 11 is 0. The maximum Gasteiger partial charge on any atom is 0.264 e. The molecule has 0 radical (unpaired) electrons. The number of aryl methyl sites for hydroxylation is 1. The van der Waals surface area contributed by atoms with Crippen LogP contribution in [-0.4, -0.2) is 40.2 Å². The monoisotopic (exact) mass is 351 g/mol. The second-order valence-corrected chi connectivity index (χ2v) is 6.64. The molecule has 1 amide bonds. The van der Waals surface area contributed by atoms with Gasteiger partial charge in [0.2, 0.25) is 5.91 Å². The Morgan fingerprint density at radius 1 is 1.27 bits per heavy atom. The van der Waals surface area contributed by atoms with E-state index in [4.69, 9.17) is 0 Å². The highest BCUT2D eigenvalue weighted by molar-refractivity contribution is 5.84. The number of aromatic nitrogens is 3. The zero-order valence-corrected chi connectivity index (χ0v) is 14.4. The topological polar surface area (TPSA) is 93.9 Å². The molecular weight excluding hydrogens is 330 g/mol. The van der Waals surface area contributed by atoms with Crippen molar-refractivity contribution in [2.24, 2.45) is 0 Å². The normalized spacial score (nSPS) is 16.9. The molecule has 134 valence electrons. The van der Waals surface area contributed by atoms with Crippen LogP contribution in [0.5, 0.6) is 0 Å². The molecule has 26 heavy (non-hydrogen) atoms. The Morgan fingerprint density at radius 2 is 2.15 bits per heavy atom. The van der Waals surface area contributed by atoms with Gasteiger partial charge in [0.15, 0.2) is 0 Å². The quantitative estimate of drug-likeness (QED) is 0.650. The van der Waals surface area contributed by atoms with Gasteiger partial charge in [-0.25, -0.2) is 5.10 Å². The van der Waals surface area contributed by atoms with Crippen molar-refractivity contribution in [1.29, 1.82) is 0 Å². The van der Waals surface area contributed by atoms with Crippen LogP contribution in [0.4, 0.5) is 5.82 Å². The molecule has 2 aromatic heterocycles. The van der Waals surface area contributed by atoms with Gasteiger partial charge in [0.25, 0.3) is 5.56 Å². The first-order valence-electron chi connectivity index (χ1n) is 8.84. The molecule has 0 spiro atoms. The van der Waals surface area contributed by atoms with Crippen molar-refractivity contribution in [3.05, 3.63) is 58.5 Å². The summed E-state index contributed by atoms with van der Waals surface area (Å²) in [5, 5.41) is 10.8. The molecule has 1 atom stereocenters. The SMILES string of the molecule is O=C(CCc1c[nH]c2ccccc12)NC1CCN(c2ccc(=O)[nH]n2)C1. The zero-order valence-electron chi connectivity index (χ0n) is 14.4. The molecule has 3 heterocycles. The second kappa shape index (κ2) is 7.03. The first-order valence-corrected chi connectivity index (χ1v) is 8.84. The fourth-order valence-corrected chi connectivity index (χ4v) is 3.49.